The zero-order valence-electron chi connectivity index (χ0n) is 13.1. The summed E-state index contributed by atoms with van der Waals surface area (Å²) in [4.78, 5) is 8.86. The number of benzene rings is 2. The van der Waals surface area contributed by atoms with Gasteiger partial charge in [0.15, 0.2) is 5.58 Å². The molecule has 0 amide bonds. The van der Waals surface area contributed by atoms with Crippen LogP contribution in [0.2, 0.25) is 5.02 Å². The second-order valence-corrected chi connectivity index (χ2v) is 6.33. The number of oxazole rings is 1. The lowest BCUT2D eigenvalue weighted by atomic mass is 10.2. The Kier molecular flexibility index (Phi) is 4.12. The van der Waals surface area contributed by atoms with Crippen LogP contribution in [0, 0.1) is 5.82 Å². The molecule has 0 bridgehead atoms. The molecular formula is C18H17ClFN3O. The Morgan fingerprint density at radius 3 is 2.58 bits per heavy atom. The second kappa shape index (κ2) is 6.42. The minimum absolute atomic E-state index is 0.246. The van der Waals surface area contributed by atoms with Crippen LogP contribution in [-0.2, 0) is 6.54 Å². The van der Waals surface area contributed by atoms with Crippen LogP contribution in [0.3, 0.4) is 0 Å². The average molecular weight is 346 g/mol. The number of hydrogen-bond acceptors (Lipinski definition) is 4. The summed E-state index contributed by atoms with van der Waals surface area (Å²) < 4.78 is 19.7. The fourth-order valence-corrected chi connectivity index (χ4v) is 3.22. The number of hydrogen-bond donors (Lipinski definition) is 0. The van der Waals surface area contributed by atoms with E-state index in [4.69, 9.17) is 16.0 Å². The van der Waals surface area contributed by atoms with E-state index >= 15 is 0 Å². The molecule has 3 aromatic rings. The van der Waals surface area contributed by atoms with Gasteiger partial charge in [-0.2, -0.15) is 4.98 Å². The van der Waals surface area contributed by atoms with Crippen LogP contribution in [-0.4, -0.2) is 36.1 Å². The van der Waals surface area contributed by atoms with Crippen LogP contribution in [0.4, 0.5) is 10.4 Å². The van der Waals surface area contributed by atoms with Gasteiger partial charge in [-0.05, 0) is 24.3 Å². The molecule has 4 rings (SSSR count). The molecule has 0 spiro atoms. The fourth-order valence-electron chi connectivity index (χ4n) is 3.00. The maximum atomic E-state index is 13.9. The molecule has 24 heavy (non-hydrogen) atoms. The maximum Gasteiger partial charge on any atom is 0.298 e. The highest BCUT2D eigenvalue weighted by Crippen LogP contribution is 2.24. The van der Waals surface area contributed by atoms with Crippen molar-refractivity contribution in [3.8, 4) is 0 Å². The Morgan fingerprint density at radius 2 is 1.83 bits per heavy atom. The first kappa shape index (κ1) is 15.4. The van der Waals surface area contributed by atoms with Crippen molar-refractivity contribution in [2.45, 2.75) is 6.54 Å². The summed E-state index contributed by atoms with van der Waals surface area (Å²) in [7, 11) is 0. The molecule has 1 aliphatic heterocycles. The molecule has 1 aliphatic rings. The molecule has 1 saturated heterocycles. The highest BCUT2D eigenvalue weighted by atomic mass is 35.5. The van der Waals surface area contributed by atoms with Crippen molar-refractivity contribution >= 4 is 28.7 Å². The number of fused-ring (bicyclic) bond motifs is 1. The number of anilines is 1. The molecule has 4 nitrogen and oxygen atoms in total. The van der Waals surface area contributed by atoms with E-state index in [1.807, 2.05) is 24.3 Å². The highest BCUT2D eigenvalue weighted by Gasteiger charge is 2.22. The molecule has 0 aliphatic carbocycles. The van der Waals surface area contributed by atoms with Crippen LogP contribution >= 0.6 is 11.6 Å². The van der Waals surface area contributed by atoms with Gasteiger partial charge in [0.2, 0.25) is 0 Å². The van der Waals surface area contributed by atoms with Gasteiger partial charge in [-0.1, -0.05) is 29.8 Å². The van der Waals surface area contributed by atoms with E-state index in [2.05, 4.69) is 14.8 Å². The summed E-state index contributed by atoms with van der Waals surface area (Å²) in [5.74, 6) is -0.246. The molecule has 0 N–H and O–H groups in total. The van der Waals surface area contributed by atoms with E-state index in [0.717, 1.165) is 37.3 Å². The van der Waals surface area contributed by atoms with Gasteiger partial charge in [0.25, 0.3) is 6.01 Å². The number of piperazine rings is 1. The van der Waals surface area contributed by atoms with Crippen LogP contribution in [0.25, 0.3) is 11.1 Å². The molecule has 6 heteroatoms. The zero-order valence-corrected chi connectivity index (χ0v) is 13.8. The van der Waals surface area contributed by atoms with E-state index in [0.29, 0.717) is 23.1 Å². The molecule has 2 heterocycles. The van der Waals surface area contributed by atoms with Crippen molar-refractivity contribution in [1.29, 1.82) is 0 Å². The third-order valence-corrected chi connectivity index (χ3v) is 4.72. The molecule has 1 aromatic heterocycles. The van der Waals surface area contributed by atoms with Crippen LogP contribution in [0.1, 0.15) is 5.56 Å². The molecule has 0 saturated carbocycles. The van der Waals surface area contributed by atoms with E-state index < -0.39 is 0 Å². The molecule has 2 aromatic carbocycles. The molecule has 0 radical (unpaired) electrons. The quantitative estimate of drug-likeness (QED) is 0.719. The molecule has 1 fully saturated rings. The Balaban J connectivity index is 1.43. The van der Waals surface area contributed by atoms with Crippen molar-refractivity contribution < 1.29 is 8.81 Å². The van der Waals surface area contributed by atoms with Crippen molar-refractivity contribution in [2.75, 3.05) is 31.1 Å². The summed E-state index contributed by atoms with van der Waals surface area (Å²) in [6.07, 6.45) is 0. The lowest BCUT2D eigenvalue weighted by molar-refractivity contribution is 0.242. The van der Waals surface area contributed by atoms with Crippen molar-refractivity contribution in [3.05, 3.63) is 58.9 Å². The number of para-hydroxylation sites is 2. The summed E-state index contributed by atoms with van der Waals surface area (Å²) in [6.45, 7) is 3.72. The van der Waals surface area contributed by atoms with Gasteiger partial charge in [0, 0.05) is 43.3 Å². The minimum Gasteiger partial charge on any atom is -0.423 e. The van der Waals surface area contributed by atoms with Gasteiger partial charge in [-0.25, -0.2) is 4.39 Å². The summed E-state index contributed by atoms with van der Waals surface area (Å²) in [5, 5.41) is 0.483. The summed E-state index contributed by atoms with van der Waals surface area (Å²) in [5.41, 5.74) is 2.23. The Hall–Kier alpha value is -2.11. The topological polar surface area (TPSA) is 32.5 Å². The lowest BCUT2D eigenvalue weighted by Crippen LogP contribution is -2.46. The normalized spacial score (nSPS) is 16.0. The van der Waals surface area contributed by atoms with E-state index in [9.17, 15) is 4.39 Å². The van der Waals surface area contributed by atoms with Gasteiger partial charge in [-0.15, -0.1) is 0 Å². The largest absolute Gasteiger partial charge is 0.423 e. The first-order valence-electron chi connectivity index (χ1n) is 7.96. The third-order valence-electron chi connectivity index (χ3n) is 4.37. The van der Waals surface area contributed by atoms with Crippen molar-refractivity contribution in [2.24, 2.45) is 0 Å². The maximum absolute atomic E-state index is 13.9. The molecule has 124 valence electrons. The number of nitrogens with zero attached hydrogens (tertiary/aromatic N) is 3. The molecular weight excluding hydrogens is 329 g/mol. The minimum atomic E-state index is -0.246. The van der Waals surface area contributed by atoms with E-state index in [-0.39, 0.29) is 5.82 Å². The SMILES string of the molecule is Fc1cccc(Cl)c1CN1CCN(c2nc3ccccc3o2)CC1. The van der Waals surface area contributed by atoms with Gasteiger partial charge in [0.1, 0.15) is 11.3 Å². The van der Waals surface area contributed by atoms with E-state index in [1.54, 1.807) is 12.1 Å². The summed E-state index contributed by atoms with van der Waals surface area (Å²) in [6, 6.07) is 13.2. The molecule has 0 atom stereocenters. The lowest BCUT2D eigenvalue weighted by Gasteiger charge is -2.34. The first-order chi connectivity index (χ1) is 11.7. The average Bonchev–Trinajstić information content (AvgIpc) is 3.03. The number of aromatic nitrogens is 1. The Bertz CT molecular complexity index is 805. The van der Waals surface area contributed by atoms with Gasteiger partial charge in [0.05, 0.1) is 0 Å². The monoisotopic (exact) mass is 345 g/mol. The van der Waals surface area contributed by atoms with Gasteiger partial charge in [-0.3, -0.25) is 4.90 Å². The van der Waals surface area contributed by atoms with E-state index in [1.165, 1.54) is 6.07 Å². The standard InChI is InChI=1S/C18H17ClFN3O/c19-14-4-3-5-15(20)13(14)12-22-8-10-23(11-9-22)18-21-16-6-1-2-7-17(16)24-18/h1-7H,8-12H2. The van der Waals surface area contributed by atoms with Crippen molar-refractivity contribution in [1.82, 2.24) is 9.88 Å². The third kappa shape index (κ3) is 2.97. The summed E-state index contributed by atoms with van der Waals surface area (Å²) >= 11 is 6.12. The predicted octanol–water partition coefficient (Wildman–Crippen LogP) is 3.94. The van der Waals surface area contributed by atoms with Crippen LogP contribution in [0.15, 0.2) is 46.9 Å². The zero-order chi connectivity index (χ0) is 16.5. The molecule has 0 unspecified atom stereocenters. The number of rotatable bonds is 3. The Morgan fingerprint density at radius 1 is 1.04 bits per heavy atom. The van der Waals surface area contributed by atoms with Crippen LogP contribution < -0.4 is 4.90 Å². The Labute approximate surface area is 144 Å². The highest BCUT2D eigenvalue weighted by molar-refractivity contribution is 6.31. The van der Waals surface area contributed by atoms with Crippen LogP contribution in [0.5, 0.6) is 0 Å². The first-order valence-corrected chi connectivity index (χ1v) is 8.34. The fraction of sp³-hybridized carbons (Fsp3) is 0.278. The van der Waals surface area contributed by atoms with Crippen molar-refractivity contribution in [3.63, 3.8) is 0 Å². The second-order valence-electron chi connectivity index (χ2n) is 5.93. The van der Waals surface area contributed by atoms with Gasteiger partial charge >= 0.3 is 0 Å². The number of halogens is 2. The predicted molar refractivity (Wildman–Crippen MR) is 92.9 cm³/mol. The van der Waals surface area contributed by atoms with Gasteiger partial charge < -0.3 is 9.32 Å². The smallest absolute Gasteiger partial charge is 0.298 e.